The van der Waals surface area contributed by atoms with E-state index in [4.69, 9.17) is 27.9 Å². The second-order valence-electron chi connectivity index (χ2n) is 4.21. The molecule has 0 aliphatic heterocycles. The molecule has 2 aromatic rings. The molecule has 0 radical (unpaired) electrons. The molecule has 0 spiro atoms. The number of nitrogens with zero attached hydrogens (tertiary/aromatic N) is 1. The van der Waals surface area contributed by atoms with E-state index in [-0.39, 0.29) is 22.5 Å². The van der Waals surface area contributed by atoms with Crippen molar-refractivity contribution in [1.29, 1.82) is 0 Å². The first-order valence-electron chi connectivity index (χ1n) is 6.25. The van der Waals surface area contributed by atoms with Crippen molar-refractivity contribution >= 4 is 50.9 Å². The fourth-order valence-electron chi connectivity index (χ4n) is 1.48. The Kier molecular flexibility index (Phi) is 6.20. The summed E-state index contributed by atoms with van der Waals surface area (Å²) in [4.78, 5) is 27.3. The van der Waals surface area contributed by atoms with Crippen LogP contribution in [0.5, 0.6) is 5.75 Å². The Bertz CT molecular complexity index is 726. The van der Waals surface area contributed by atoms with Gasteiger partial charge in [0.1, 0.15) is 16.6 Å². The standard InChI is InChI=1S/C14H10BrCl2N3O3/c15-8-1-3-9(4-2-8)23-7-12(21)19-20-14(22)13-10(16)5-6-11(17)18-13/h1-6H,7H2,(H,19,21)(H,20,22). The molecule has 1 aromatic heterocycles. The molecule has 0 saturated carbocycles. The van der Waals surface area contributed by atoms with Crippen molar-refractivity contribution < 1.29 is 14.3 Å². The molecule has 1 heterocycles. The first kappa shape index (κ1) is 17.5. The summed E-state index contributed by atoms with van der Waals surface area (Å²) in [6, 6.07) is 9.84. The zero-order valence-corrected chi connectivity index (χ0v) is 14.6. The second-order valence-corrected chi connectivity index (χ2v) is 5.92. The molecule has 0 fully saturated rings. The topological polar surface area (TPSA) is 80.3 Å². The van der Waals surface area contributed by atoms with Crippen molar-refractivity contribution in [3.05, 3.63) is 56.7 Å². The summed E-state index contributed by atoms with van der Waals surface area (Å²) in [5, 5.41) is 0.233. The van der Waals surface area contributed by atoms with E-state index >= 15 is 0 Å². The third-order valence-corrected chi connectivity index (χ3v) is 3.57. The van der Waals surface area contributed by atoms with Gasteiger partial charge in [0, 0.05) is 4.47 Å². The lowest BCUT2D eigenvalue weighted by atomic mass is 10.3. The summed E-state index contributed by atoms with van der Waals surface area (Å²) >= 11 is 14.8. The molecule has 6 nitrogen and oxygen atoms in total. The van der Waals surface area contributed by atoms with Crippen molar-refractivity contribution in [2.75, 3.05) is 6.61 Å². The fourth-order valence-corrected chi connectivity index (χ4v) is 2.08. The number of amides is 2. The Labute approximate surface area is 150 Å². The highest BCUT2D eigenvalue weighted by Gasteiger charge is 2.14. The molecule has 0 aliphatic carbocycles. The monoisotopic (exact) mass is 417 g/mol. The van der Waals surface area contributed by atoms with Crippen LogP contribution in [-0.4, -0.2) is 23.4 Å². The number of hydrogen-bond acceptors (Lipinski definition) is 4. The first-order valence-corrected chi connectivity index (χ1v) is 7.80. The lowest BCUT2D eigenvalue weighted by Gasteiger charge is -2.09. The number of carbonyl (C=O) groups excluding carboxylic acids is 2. The highest BCUT2D eigenvalue weighted by molar-refractivity contribution is 9.10. The summed E-state index contributed by atoms with van der Waals surface area (Å²) in [7, 11) is 0. The van der Waals surface area contributed by atoms with Crippen LogP contribution >= 0.6 is 39.1 Å². The number of hydrogen-bond donors (Lipinski definition) is 2. The van der Waals surface area contributed by atoms with Crippen molar-refractivity contribution in [3.63, 3.8) is 0 Å². The SMILES string of the molecule is O=C(COc1ccc(Br)cc1)NNC(=O)c1nc(Cl)ccc1Cl. The van der Waals surface area contributed by atoms with Crippen LogP contribution in [0.4, 0.5) is 0 Å². The molecule has 0 bridgehead atoms. The quantitative estimate of drug-likeness (QED) is 0.590. The third kappa shape index (κ3) is 5.38. The van der Waals surface area contributed by atoms with Gasteiger partial charge in [-0.1, -0.05) is 39.1 Å². The smallest absolute Gasteiger partial charge is 0.289 e. The number of aromatic nitrogens is 1. The van der Waals surface area contributed by atoms with Crippen molar-refractivity contribution in [2.45, 2.75) is 0 Å². The summed E-state index contributed by atoms with van der Waals surface area (Å²) in [6.45, 7) is -0.265. The van der Waals surface area contributed by atoms with E-state index < -0.39 is 11.8 Å². The number of nitrogens with one attached hydrogen (secondary N) is 2. The van der Waals surface area contributed by atoms with Gasteiger partial charge in [-0.2, -0.15) is 0 Å². The molecule has 0 saturated heterocycles. The van der Waals surface area contributed by atoms with Gasteiger partial charge in [-0.05, 0) is 36.4 Å². The molecule has 23 heavy (non-hydrogen) atoms. The van der Waals surface area contributed by atoms with E-state index in [9.17, 15) is 9.59 Å². The number of carbonyl (C=O) groups is 2. The average Bonchev–Trinajstić information content (AvgIpc) is 2.54. The zero-order chi connectivity index (χ0) is 16.8. The number of rotatable bonds is 4. The van der Waals surface area contributed by atoms with E-state index in [0.29, 0.717) is 5.75 Å². The summed E-state index contributed by atoms with van der Waals surface area (Å²) in [5.41, 5.74) is 4.29. The van der Waals surface area contributed by atoms with Gasteiger partial charge >= 0.3 is 0 Å². The predicted molar refractivity (Wildman–Crippen MR) is 89.5 cm³/mol. The minimum absolute atomic E-state index is 0.0895. The largest absolute Gasteiger partial charge is 0.484 e. The van der Waals surface area contributed by atoms with Gasteiger partial charge in [0.15, 0.2) is 6.61 Å². The van der Waals surface area contributed by atoms with Gasteiger partial charge in [0.2, 0.25) is 0 Å². The second kappa shape index (κ2) is 8.14. The summed E-state index contributed by atoms with van der Waals surface area (Å²) < 4.78 is 6.15. The third-order valence-electron chi connectivity index (χ3n) is 2.53. The molecule has 0 unspecified atom stereocenters. The highest BCUT2D eigenvalue weighted by atomic mass is 79.9. The minimum Gasteiger partial charge on any atom is -0.484 e. The zero-order valence-electron chi connectivity index (χ0n) is 11.5. The molecule has 2 rings (SSSR count). The van der Waals surface area contributed by atoms with Crippen molar-refractivity contribution in [2.24, 2.45) is 0 Å². The molecule has 1 aromatic carbocycles. The normalized spacial score (nSPS) is 10.0. The van der Waals surface area contributed by atoms with Crippen molar-refractivity contribution in [1.82, 2.24) is 15.8 Å². The number of hydrazine groups is 1. The number of ether oxygens (including phenoxy) is 1. The maximum absolute atomic E-state index is 11.9. The Morgan fingerprint density at radius 3 is 2.48 bits per heavy atom. The van der Waals surface area contributed by atoms with Gasteiger partial charge in [-0.15, -0.1) is 0 Å². The van der Waals surface area contributed by atoms with Crippen LogP contribution in [0.2, 0.25) is 10.2 Å². The van der Waals surface area contributed by atoms with Crippen LogP contribution in [0.1, 0.15) is 10.5 Å². The van der Waals surface area contributed by atoms with Gasteiger partial charge in [-0.3, -0.25) is 20.4 Å². The van der Waals surface area contributed by atoms with Crippen molar-refractivity contribution in [3.8, 4) is 5.75 Å². The van der Waals surface area contributed by atoms with Crippen LogP contribution in [0.25, 0.3) is 0 Å². The molecule has 2 N–H and O–H groups in total. The molecule has 0 atom stereocenters. The first-order chi connectivity index (χ1) is 11.0. The number of halogens is 3. The lowest BCUT2D eigenvalue weighted by Crippen LogP contribution is -2.44. The maximum Gasteiger partial charge on any atom is 0.289 e. The van der Waals surface area contributed by atoms with Crippen LogP contribution < -0.4 is 15.6 Å². The average molecular weight is 419 g/mol. The Morgan fingerprint density at radius 1 is 1.09 bits per heavy atom. The van der Waals surface area contributed by atoms with Gasteiger partial charge in [-0.25, -0.2) is 4.98 Å². The minimum atomic E-state index is -0.686. The Hall–Kier alpha value is -1.83. The van der Waals surface area contributed by atoms with Gasteiger partial charge in [0.05, 0.1) is 5.02 Å². The predicted octanol–water partition coefficient (Wildman–Crippen LogP) is 2.99. The number of pyridine rings is 1. The van der Waals surface area contributed by atoms with Gasteiger partial charge in [0.25, 0.3) is 11.8 Å². The highest BCUT2D eigenvalue weighted by Crippen LogP contribution is 2.17. The van der Waals surface area contributed by atoms with Crippen LogP contribution in [0.3, 0.4) is 0 Å². The molecule has 120 valence electrons. The molecule has 9 heteroatoms. The molecule has 0 aliphatic rings. The number of benzene rings is 1. The van der Waals surface area contributed by atoms with E-state index in [1.54, 1.807) is 24.3 Å². The Morgan fingerprint density at radius 2 is 1.78 bits per heavy atom. The van der Waals surface area contributed by atoms with E-state index in [1.807, 2.05) is 0 Å². The van der Waals surface area contributed by atoms with Crippen LogP contribution in [-0.2, 0) is 4.79 Å². The molecule has 2 amide bonds. The van der Waals surface area contributed by atoms with E-state index in [0.717, 1.165) is 4.47 Å². The molecular formula is C14H10BrCl2N3O3. The van der Waals surface area contributed by atoms with E-state index in [1.165, 1.54) is 12.1 Å². The lowest BCUT2D eigenvalue weighted by molar-refractivity contribution is -0.123. The fraction of sp³-hybridized carbons (Fsp3) is 0.0714. The van der Waals surface area contributed by atoms with Crippen LogP contribution in [0, 0.1) is 0 Å². The van der Waals surface area contributed by atoms with E-state index in [2.05, 4.69) is 31.8 Å². The summed E-state index contributed by atoms with van der Waals surface area (Å²) in [5.74, 6) is -0.705. The molecular weight excluding hydrogens is 409 g/mol. The van der Waals surface area contributed by atoms with Gasteiger partial charge < -0.3 is 4.74 Å². The summed E-state index contributed by atoms with van der Waals surface area (Å²) in [6.07, 6.45) is 0. The maximum atomic E-state index is 11.9. The van der Waals surface area contributed by atoms with Crippen LogP contribution in [0.15, 0.2) is 40.9 Å². The Balaban J connectivity index is 1.83.